The molecule has 2 N–H and O–H groups in total. The third-order valence-electron chi connectivity index (χ3n) is 2.89. The highest BCUT2D eigenvalue weighted by molar-refractivity contribution is 9.10. The van der Waals surface area contributed by atoms with Gasteiger partial charge in [-0.3, -0.25) is 4.98 Å². The first-order valence-electron chi connectivity index (χ1n) is 6.25. The highest BCUT2D eigenvalue weighted by atomic mass is 79.9. The number of nitrogens with zero attached hydrogens (tertiary/aromatic N) is 1. The Labute approximate surface area is 121 Å². The van der Waals surface area contributed by atoms with Crippen LogP contribution in [0.15, 0.2) is 41.0 Å². The molecule has 1 aromatic carbocycles. The van der Waals surface area contributed by atoms with Crippen LogP contribution >= 0.6 is 15.9 Å². The summed E-state index contributed by atoms with van der Waals surface area (Å²) in [6.45, 7) is 4.08. The van der Waals surface area contributed by atoms with Crippen molar-refractivity contribution in [3.8, 4) is 11.5 Å². The van der Waals surface area contributed by atoms with Crippen molar-refractivity contribution in [2.24, 2.45) is 5.73 Å². The summed E-state index contributed by atoms with van der Waals surface area (Å²) in [5, 5.41) is 0. The first-order chi connectivity index (χ1) is 9.10. The summed E-state index contributed by atoms with van der Waals surface area (Å²) in [6, 6.07) is 9.75. The molecule has 0 fully saturated rings. The molecule has 1 unspecified atom stereocenters. The molecule has 0 bridgehead atoms. The molecule has 2 rings (SSSR count). The zero-order chi connectivity index (χ0) is 13.8. The number of hydrogen-bond donors (Lipinski definition) is 1. The van der Waals surface area contributed by atoms with E-state index < -0.39 is 0 Å². The Morgan fingerprint density at radius 3 is 2.68 bits per heavy atom. The maximum Gasteiger partial charge on any atom is 0.145 e. The van der Waals surface area contributed by atoms with Gasteiger partial charge in [-0.15, -0.1) is 0 Å². The Kier molecular flexibility index (Phi) is 4.56. The van der Waals surface area contributed by atoms with Crippen molar-refractivity contribution in [3.05, 3.63) is 52.3 Å². The monoisotopic (exact) mass is 320 g/mol. The van der Waals surface area contributed by atoms with Gasteiger partial charge < -0.3 is 10.5 Å². The fourth-order valence-electron chi connectivity index (χ4n) is 1.70. The molecular formula is C15H17BrN2O. The van der Waals surface area contributed by atoms with Crippen molar-refractivity contribution >= 4 is 15.9 Å². The predicted octanol–water partition coefficient (Wildman–Crippen LogP) is 4.35. The molecule has 0 aliphatic heterocycles. The van der Waals surface area contributed by atoms with Gasteiger partial charge in [0.25, 0.3) is 0 Å². The van der Waals surface area contributed by atoms with E-state index in [0.717, 1.165) is 22.3 Å². The minimum Gasteiger partial charge on any atom is -0.455 e. The van der Waals surface area contributed by atoms with Crippen LogP contribution in [0.25, 0.3) is 0 Å². The van der Waals surface area contributed by atoms with Gasteiger partial charge in [-0.1, -0.05) is 13.0 Å². The average molecular weight is 321 g/mol. The third kappa shape index (κ3) is 3.55. The summed E-state index contributed by atoms with van der Waals surface area (Å²) in [5.74, 6) is 1.48. The zero-order valence-electron chi connectivity index (χ0n) is 11.1. The second kappa shape index (κ2) is 6.17. The number of aromatic nitrogens is 1. The number of rotatable bonds is 4. The lowest BCUT2D eigenvalue weighted by Crippen LogP contribution is -2.10. The largest absolute Gasteiger partial charge is 0.455 e. The van der Waals surface area contributed by atoms with Gasteiger partial charge in [0.15, 0.2) is 0 Å². The highest BCUT2D eigenvalue weighted by Crippen LogP contribution is 2.30. The Balaban J connectivity index is 2.15. The van der Waals surface area contributed by atoms with Crippen molar-refractivity contribution in [1.29, 1.82) is 0 Å². The Bertz CT molecular complexity index is 555. The normalized spacial score (nSPS) is 12.2. The molecule has 3 nitrogen and oxygen atoms in total. The van der Waals surface area contributed by atoms with Gasteiger partial charge in [-0.05, 0) is 59.1 Å². The molecule has 4 heteroatoms. The van der Waals surface area contributed by atoms with Crippen molar-refractivity contribution in [3.63, 3.8) is 0 Å². The third-order valence-corrected chi connectivity index (χ3v) is 3.51. The summed E-state index contributed by atoms with van der Waals surface area (Å²) in [4.78, 5) is 4.33. The zero-order valence-corrected chi connectivity index (χ0v) is 12.6. The number of nitrogens with two attached hydrogens (primary N) is 1. The van der Waals surface area contributed by atoms with E-state index in [9.17, 15) is 0 Å². The number of ether oxygens (including phenoxy) is 1. The standard InChI is InChI=1S/C15H17BrN2O/c1-3-13(17)14-6-5-11(9-18-14)19-15-7-4-10(2)8-12(15)16/h4-9,13H,3,17H2,1-2H3. The maximum absolute atomic E-state index is 5.93. The van der Waals surface area contributed by atoms with E-state index >= 15 is 0 Å². The lowest BCUT2D eigenvalue weighted by molar-refractivity contribution is 0.476. The molecule has 1 heterocycles. The molecule has 1 aromatic heterocycles. The summed E-state index contributed by atoms with van der Waals surface area (Å²) < 4.78 is 6.71. The fourth-order valence-corrected chi connectivity index (χ4v) is 2.27. The lowest BCUT2D eigenvalue weighted by Gasteiger charge is -2.10. The van der Waals surface area contributed by atoms with Gasteiger partial charge in [0, 0.05) is 6.04 Å². The molecule has 1 atom stereocenters. The van der Waals surface area contributed by atoms with Crippen LogP contribution in [-0.4, -0.2) is 4.98 Å². The predicted molar refractivity (Wildman–Crippen MR) is 80.4 cm³/mol. The summed E-state index contributed by atoms with van der Waals surface area (Å²) >= 11 is 3.49. The van der Waals surface area contributed by atoms with Gasteiger partial charge in [0.05, 0.1) is 16.4 Å². The van der Waals surface area contributed by atoms with Crippen molar-refractivity contribution < 1.29 is 4.74 Å². The van der Waals surface area contributed by atoms with E-state index in [4.69, 9.17) is 10.5 Å². The van der Waals surface area contributed by atoms with E-state index in [2.05, 4.69) is 20.9 Å². The Hall–Kier alpha value is -1.39. The molecule has 0 aliphatic carbocycles. The number of halogens is 1. The average Bonchev–Trinajstić information content (AvgIpc) is 2.42. The Morgan fingerprint density at radius 2 is 2.11 bits per heavy atom. The SMILES string of the molecule is CCC(N)c1ccc(Oc2ccc(C)cc2Br)cn1. The highest BCUT2D eigenvalue weighted by Gasteiger charge is 2.06. The van der Waals surface area contributed by atoms with E-state index in [0.29, 0.717) is 5.75 Å². The molecule has 0 saturated carbocycles. The van der Waals surface area contributed by atoms with Gasteiger partial charge >= 0.3 is 0 Å². The molecular weight excluding hydrogens is 304 g/mol. The second-order valence-electron chi connectivity index (χ2n) is 4.47. The summed E-state index contributed by atoms with van der Waals surface area (Å²) in [5.41, 5.74) is 8.00. The molecule has 2 aromatic rings. The van der Waals surface area contributed by atoms with Crippen LogP contribution in [0.5, 0.6) is 11.5 Å². The van der Waals surface area contributed by atoms with Crippen LogP contribution in [-0.2, 0) is 0 Å². The van der Waals surface area contributed by atoms with Crippen LogP contribution in [0.1, 0.15) is 30.6 Å². The van der Waals surface area contributed by atoms with E-state index in [1.165, 1.54) is 5.56 Å². The number of aryl methyl sites for hydroxylation is 1. The quantitative estimate of drug-likeness (QED) is 0.910. The fraction of sp³-hybridized carbons (Fsp3) is 0.267. The lowest BCUT2D eigenvalue weighted by atomic mass is 10.1. The minimum absolute atomic E-state index is 0.0137. The van der Waals surface area contributed by atoms with Gasteiger partial charge in [-0.25, -0.2) is 0 Å². The molecule has 0 saturated heterocycles. The first-order valence-corrected chi connectivity index (χ1v) is 7.05. The van der Waals surface area contributed by atoms with Gasteiger partial charge in [0.2, 0.25) is 0 Å². The van der Waals surface area contributed by atoms with Crippen molar-refractivity contribution in [1.82, 2.24) is 4.98 Å². The molecule has 100 valence electrons. The van der Waals surface area contributed by atoms with E-state index in [1.807, 2.05) is 44.2 Å². The van der Waals surface area contributed by atoms with Crippen LogP contribution in [0, 0.1) is 6.92 Å². The number of pyridine rings is 1. The van der Waals surface area contributed by atoms with Crippen molar-refractivity contribution in [2.75, 3.05) is 0 Å². The van der Waals surface area contributed by atoms with E-state index in [1.54, 1.807) is 6.20 Å². The van der Waals surface area contributed by atoms with Crippen molar-refractivity contribution in [2.45, 2.75) is 26.3 Å². The number of benzene rings is 1. The molecule has 0 amide bonds. The van der Waals surface area contributed by atoms with E-state index in [-0.39, 0.29) is 6.04 Å². The second-order valence-corrected chi connectivity index (χ2v) is 5.32. The van der Waals surface area contributed by atoms with Crippen LogP contribution in [0.4, 0.5) is 0 Å². The number of hydrogen-bond acceptors (Lipinski definition) is 3. The van der Waals surface area contributed by atoms with Gasteiger partial charge in [0.1, 0.15) is 11.5 Å². The first kappa shape index (κ1) is 14.0. The van der Waals surface area contributed by atoms with Crippen LogP contribution < -0.4 is 10.5 Å². The summed E-state index contributed by atoms with van der Waals surface area (Å²) in [6.07, 6.45) is 2.58. The topological polar surface area (TPSA) is 48.1 Å². The molecule has 0 spiro atoms. The Morgan fingerprint density at radius 1 is 1.32 bits per heavy atom. The molecule has 0 radical (unpaired) electrons. The van der Waals surface area contributed by atoms with Crippen LogP contribution in [0.3, 0.4) is 0 Å². The molecule has 0 aliphatic rings. The van der Waals surface area contributed by atoms with Crippen LogP contribution in [0.2, 0.25) is 0 Å². The smallest absolute Gasteiger partial charge is 0.145 e. The molecule has 19 heavy (non-hydrogen) atoms. The van der Waals surface area contributed by atoms with Gasteiger partial charge in [-0.2, -0.15) is 0 Å². The minimum atomic E-state index is -0.0137. The maximum atomic E-state index is 5.93. The summed E-state index contributed by atoms with van der Waals surface area (Å²) in [7, 11) is 0.